The highest BCUT2D eigenvalue weighted by atomic mass is 35.5. The fourth-order valence-corrected chi connectivity index (χ4v) is 3.00. The van der Waals surface area contributed by atoms with Gasteiger partial charge in [-0.25, -0.2) is 4.98 Å². The summed E-state index contributed by atoms with van der Waals surface area (Å²) in [6, 6.07) is 5.68. The van der Waals surface area contributed by atoms with Crippen LogP contribution in [0.25, 0.3) is 5.65 Å². The Kier molecular flexibility index (Phi) is 5.81. The van der Waals surface area contributed by atoms with E-state index in [-0.39, 0.29) is 18.0 Å². The Morgan fingerprint density at radius 2 is 2.14 bits per heavy atom. The number of hydrogen-bond acceptors (Lipinski definition) is 4. The predicted molar refractivity (Wildman–Crippen MR) is 91.1 cm³/mol. The Hall–Kier alpha value is -1.14. The first-order valence-electron chi connectivity index (χ1n) is 7.22. The van der Waals surface area contributed by atoms with Crippen molar-refractivity contribution in [3.05, 3.63) is 45.5 Å². The van der Waals surface area contributed by atoms with Crippen LogP contribution >= 0.6 is 24.0 Å². The Bertz CT molecular complexity index is 697. The standard InChI is InChI=1S/C15H19ClN4O.ClH/c1-19(13-4-6-17-7-5-13)10-12-8-15(21)20-9-11(16)2-3-14(20)18-12;/h2-3,8-9,13,17H,4-7,10H2,1H3;1H. The van der Waals surface area contributed by atoms with Crippen LogP contribution in [0.1, 0.15) is 18.5 Å². The van der Waals surface area contributed by atoms with E-state index in [2.05, 4.69) is 22.2 Å². The second kappa shape index (κ2) is 7.42. The third-order valence-corrected chi connectivity index (χ3v) is 4.24. The van der Waals surface area contributed by atoms with Gasteiger partial charge in [0.15, 0.2) is 0 Å². The molecule has 1 aliphatic rings. The van der Waals surface area contributed by atoms with Crippen LogP contribution in [0.4, 0.5) is 0 Å². The van der Waals surface area contributed by atoms with Gasteiger partial charge < -0.3 is 5.32 Å². The van der Waals surface area contributed by atoms with Crippen molar-refractivity contribution in [2.45, 2.75) is 25.4 Å². The minimum absolute atomic E-state index is 0. The van der Waals surface area contributed by atoms with E-state index >= 15 is 0 Å². The van der Waals surface area contributed by atoms with Gasteiger partial charge in [0, 0.05) is 24.8 Å². The average molecular weight is 343 g/mol. The van der Waals surface area contributed by atoms with Crippen LogP contribution in [0.3, 0.4) is 0 Å². The molecule has 7 heteroatoms. The number of hydrogen-bond donors (Lipinski definition) is 1. The third kappa shape index (κ3) is 3.79. The minimum Gasteiger partial charge on any atom is -0.317 e. The van der Waals surface area contributed by atoms with E-state index in [0.29, 0.717) is 23.3 Å². The molecule has 3 rings (SSSR count). The number of nitrogens with zero attached hydrogens (tertiary/aromatic N) is 3. The summed E-state index contributed by atoms with van der Waals surface area (Å²) in [6.07, 6.45) is 3.88. The number of rotatable bonds is 3. The molecular weight excluding hydrogens is 323 g/mol. The molecule has 5 nitrogen and oxygen atoms in total. The molecule has 2 aromatic rings. The topological polar surface area (TPSA) is 49.6 Å². The molecule has 3 heterocycles. The van der Waals surface area contributed by atoms with E-state index in [1.165, 1.54) is 4.40 Å². The van der Waals surface area contributed by atoms with Gasteiger partial charge >= 0.3 is 0 Å². The average Bonchev–Trinajstić information content (AvgIpc) is 2.49. The zero-order valence-electron chi connectivity index (χ0n) is 12.5. The van der Waals surface area contributed by atoms with Gasteiger partial charge in [-0.2, -0.15) is 0 Å². The van der Waals surface area contributed by atoms with Crippen LogP contribution in [0.2, 0.25) is 5.02 Å². The van der Waals surface area contributed by atoms with Crippen molar-refractivity contribution >= 4 is 29.7 Å². The first-order valence-corrected chi connectivity index (χ1v) is 7.60. The molecule has 0 unspecified atom stereocenters. The number of nitrogens with one attached hydrogen (secondary N) is 1. The van der Waals surface area contributed by atoms with E-state index in [0.717, 1.165) is 31.6 Å². The van der Waals surface area contributed by atoms with E-state index in [9.17, 15) is 4.79 Å². The number of piperidine rings is 1. The summed E-state index contributed by atoms with van der Waals surface area (Å²) < 4.78 is 1.48. The van der Waals surface area contributed by atoms with E-state index in [1.807, 2.05) is 0 Å². The second-order valence-electron chi connectivity index (χ2n) is 5.56. The number of pyridine rings is 1. The van der Waals surface area contributed by atoms with E-state index in [4.69, 9.17) is 11.6 Å². The first kappa shape index (κ1) is 17.2. The fourth-order valence-electron chi connectivity index (χ4n) is 2.84. The predicted octanol–water partition coefficient (Wildman–Crippen LogP) is 1.95. The number of fused-ring (bicyclic) bond motifs is 1. The SMILES string of the molecule is CN(Cc1cc(=O)n2cc(Cl)ccc2n1)C1CCNCC1.Cl. The van der Waals surface area contributed by atoms with Gasteiger partial charge in [0.25, 0.3) is 5.56 Å². The lowest BCUT2D eigenvalue weighted by Gasteiger charge is -2.31. The molecule has 0 atom stereocenters. The van der Waals surface area contributed by atoms with Crippen LogP contribution in [-0.4, -0.2) is 40.5 Å². The summed E-state index contributed by atoms with van der Waals surface area (Å²) in [7, 11) is 2.10. The highest BCUT2D eigenvalue weighted by Gasteiger charge is 2.18. The highest BCUT2D eigenvalue weighted by molar-refractivity contribution is 6.30. The molecule has 0 saturated carbocycles. The van der Waals surface area contributed by atoms with Gasteiger partial charge in [0.1, 0.15) is 5.65 Å². The van der Waals surface area contributed by atoms with Crippen molar-refractivity contribution in [2.75, 3.05) is 20.1 Å². The molecule has 1 saturated heterocycles. The van der Waals surface area contributed by atoms with Crippen molar-refractivity contribution in [3.8, 4) is 0 Å². The smallest absolute Gasteiger partial charge is 0.258 e. The Morgan fingerprint density at radius 3 is 2.86 bits per heavy atom. The molecule has 1 fully saturated rings. The van der Waals surface area contributed by atoms with Crippen molar-refractivity contribution in [2.24, 2.45) is 0 Å². The normalized spacial score (nSPS) is 16.0. The van der Waals surface area contributed by atoms with Crippen molar-refractivity contribution < 1.29 is 0 Å². The summed E-state index contributed by atoms with van der Waals surface area (Å²) in [5.41, 5.74) is 1.36. The van der Waals surface area contributed by atoms with Gasteiger partial charge in [0.05, 0.1) is 10.7 Å². The summed E-state index contributed by atoms with van der Waals surface area (Å²) in [5.74, 6) is 0. The Balaban J connectivity index is 0.00000176. The summed E-state index contributed by atoms with van der Waals surface area (Å²) in [6.45, 7) is 2.81. The highest BCUT2D eigenvalue weighted by Crippen LogP contribution is 2.13. The molecule has 0 amide bonds. The summed E-state index contributed by atoms with van der Waals surface area (Å²) in [5, 5.41) is 3.90. The molecule has 0 radical (unpaired) electrons. The molecular formula is C15H20Cl2N4O. The molecule has 1 N–H and O–H groups in total. The van der Waals surface area contributed by atoms with Crippen LogP contribution in [0.5, 0.6) is 0 Å². The van der Waals surface area contributed by atoms with Gasteiger partial charge in [-0.15, -0.1) is 12.4 Å². The minimum atomic E-state index is -0.0868. The fraction of sp³-hybridized carbons (Fsp3) is 0.467. The second-order valence-corrected chi connectivity index (χ2v) is 5.99. The Labute approximate surface area is 140 Å². The largest absolute Gasteiger partial charge is 0.317 e. The molecule has 1 aliphatic heterocycles. The molecule has 0 aliphatic carbocycles. The maximum Gasteiger partial charge on any atom is 0.258 e. The molecule has 2 aromatic heterocycles. The van der Waals surface area contributed by atoms with Gasteiger partial charge in [-0.3, -0.25) is 14.1 Å². The quantitative estimate of drug-likeness (QED) is 0.926. The van der Waals surface area contributed by atoms with Crippen molar-refractivity contribution in [3.63, 3.8) is 0 Å². The van der Waals surface area contributed by atoms with E-state index < -0.39 is 0 Å². The molecule has 22 heavy (non-hydrogen) atoms. The van der Waals surface area contributed by atoms with Crippen molar-refractivity contribution in [1.82, 2.24) is 19.6 Å². The lowest BCUT2D eigenvalue weighted by atomic mass is 10.1. The summed E-state index contributed by atoms with van der Waals surface area (Å²) in [4.78, 5) is 19.0. The zero-order chi connectivity index (χ0) is 14.8. The third-order valence-electron chi connectivity index (χ3n) is 4.02. The summed E-state index contributed by atoms with van der Waals surface area (Å²) >= 11 is 5.91. The number of aromatic nitrogens is 2. The zero-order valence-corrected chi connectivity index (χ0v) is 14.0. The Morgan fingerprint density at radius 1 is 1.41 bits per heavy atom. The lowest BCUT2D eigenvalue weighted by molar-refractivity contribution is 0.190. The van der Waals surface area contributed by atoms with Crippen LogP contribution in [0.15, 0.2) is 29.2 Å². The van der Waals surface area contributed by atoms with Crippen LogP contribution < -0.4 is 10.9 Å². The molecule has 0 spiro atoms. The van der Waals surface area contributed by atoms with Crippen molar-refractivity contribution in [1.29, 1.82) is 0 Å². The van der Waals surface area contributed by atoms with Gasteiger partial charge in [-0.1, -0.05) is 11.6 Å². The monoisotopic (exact) mass is 342 g/mol. The maximum absolute atomic E-state index is 12.1. The maximum atomic E-state index is 12.1. The van der Waals surface area contributed by atoms with Crippen LogP contribution in [0, 0.1) is 0 Å². The number of halogens is 2. The molecule has 0 aromatic carbocycles. The van der Waals surface area contributed by atoms with E-state index in [1.54, 1.807) is 24.4 Å². The molecule has 0 bridgehead atoms. The first-order chi connectivity index (χ1) is 10.1. The molecule has 120 valence electrons. The van der Waals surface area contributed by atoms with Gasteiger partial charge in [-0.05, 0) is 45.1 Å². The van der Waals surface area contributed by atoms with Gasteiger partial charge in [0.2, 0.25) is 0 Å². The van der Waals surface area contributed by atoms with Crippen LogP contribution in [-0.2, 0) is 6.54 Å². The lowest BCUT2D eigenvalue weighted by Crippen LogP contribution is -2.41.